The van der Waals surface area contributed by atoms with Gasteiger partial charge in [0, 0.05) is 29.0 Å². The molecule has 0 bridgehead atoms. The second-order valence-electron chi connectivity index (χ2n) is 5.76. The molecule has 2 nitrogen and oxygen atoms in total. The normalized spacial score (nSPS) is 20.8. The summed E-state index contributed by atoms with van der Waals surface area (Å²) in [6.45, 7) is 4.39. The number of rotatable bonds is 2. The van der Waals surface area contributed by atoms with Crippen molar-refractivity contribution in [2.45, 2.75) is 31.7 Å². The first-order valence-electron chi connectivity index (χ1n) is 6.81. The molecule has 102 valence electrons. The fraction of sp³-hybridized carbons (Fsp3) is 0.294. The Balaban J connectivity index is 1.92. The van der Waals surface area contributed by atoms with E-state index in [2.05, 4.69) is 31.0 Å². The predicted molar refractivity (Wildman–Crippen MR) is 83.7 cm³/mol. The van der Waals surface area contributed by atoms with Gasteiger partial charge in [0.05, 0.1) is 5.54 Å². The van der Waals surface area contributed by atoms with Crippen molar-refractivity contribution in [2.24, 2.45) is 4.99 Å². The van der Waals surface area contributed by atoms with Crippen LogP contribution in [0.3, 0.4) is 0 Å². The Labute approximate surface area is 124 Å². The Hall–Kier alpha value is -1.67. The quantitative estimate of drug-likeness (QED) is 0.797. The average molecular weight is 285 g/mol. The number of nitrogens with zero attached hydrogens (tertiary/aromatic N) is 2. The zero-order chi connectivity index (χ0) is 14.2. The molecule has 0 spiro atoms. The molecule has 1 aliphatic heterocycles. The standard InChI is InChI=1S/C17H17ClN2/c1-17(2)15(12-7-9-19-10-8-12)11-16(20-17)13-3-5-14(18)6-4-13/h3-10,15H,11H2,1-2H3. The van der Waals surface area contributed by atoms with Gasteiger partial charge in [0.15, 0.2) is 0 Å². The van der Waals surface area contributed by atoms with E-state index in [1.807, 2.05) is 36.7 Å². The molecule has 3 heteroatoms. The molecule has 0 aliphatic carbocycles. The summed E-state index contributed by atoms with van der Waals surface area (Å²) < 4.78 is 0. The van der Waals surface area contributed by atoms with Gasteiger partial charge in [-0.25, -0.2) is 0 Å². The van der Waals surface area contributed by atoms with Gasteiger partial charge in [0.1, 0.15) is 0 Å². The maximum atomic E-state index is 5.95. The van der Waals surface area contributed by atoms with E-state index in [1.54, 1.807) is 0 Å². The molecule has 1 unspecified atom stereocenters. The van der Waals surface area contributed by atoms with E-state index >= 15 is 0 Å². The number of aromatic nitrogens is 1. The highest BCUT2D eigenvalue weighted by Crippen LogP contribution is 2.40. The van der Waals surface area contributed by atoms with Crippen molar-refractivity contribution < 1.29 is 0 Å². The highest BCUT2D eigenvalue weighted by atomic mass is 35.5. The van der Waals surface area contributed by atoms with Crippen LogP contribution >= 0.6 is 11.6 Å². The molecule has 0 radical (unpaired) electrons. The minimum absolute atomic E-state index is 0.0870. The maximum Gasteiger partial charge on any atom is 0.0627 e. The van der Waals surface area contributed by atoms with Crippen LogP contribution in [0.5, 0.6) is 0 Å². The molecule has 1 aromatic carbocycles. The van der Waals surface area contributed by atoms with Crippen LogP contribution in [0, 0.1) is 0 Å². The molecular formula is C17H17ClN2. The fourth-order valence-corrected chi connectivity index (χ4v) is 2.99. The summed E-state index contributed by atoms with van der Waals surface area (Å²) in [5, 5.41) is 0.761. The lowest BCUT2D eigenvalue weighted by atomic mass is 9.82. The van der Waals surface area contributed by atoms with Crippen LogP contribution in [0.1, 0.15) is 37.3 Å². The molecule has 2 heterocycles. The molecule has 0 saturated carbocycles. The zero-order valence-electron chi connectivity index (χ0n) is 11.7. The van der Waals surface area contributed by atoms with Gasteiger partial charge in [0.2, 0.25) is 0 Å². The number of aliphatic imine (C=N–C) groups is 1. The minimum atomic E-state index is -0.0870. The lowest BCUT2D eigenvalue weighted by Gasteiger charge is -2.24. The Morgan fingerprint density at radius 1 is 1.05 bits per heavy atom. The third-order valence-electron chi connectivity index (χ3n) is 3.96. The molecular weight excluding hydrogens is 268 g/mol. The number of hydrogen-bond donors (Lipinski definition) is 0. The SMILES string of the molecule is CC1(C)N=C(c2ccc(Cl)cc2)CC1c1ccncc1. The lowest BCUT2D eigenvalue weighted by Crippen LogP contribution is -2.22. The third-order valence-corrected chi connectivity index (χ3v) is 4.21. The van der Waals surface area contributed by atoms with Gasteiger partial charge in [-0.1, -0.05) is 23.7 Å². The Morgan fingerprint density at radius 2 is 1.70 bits per heavy atom. The number of benzene rings is 1. The van der Waals surface area contributed by atoms with E-state index in [1.165, 1.54) is 11.1 Å². The van der Waals surface area contributed by atoms with Crippen molar-refractivity contribution in [3.63, 3.8) is 0 Å². The van der Waals surface area contributed by atoms with Crippen molar-refractivity contribution in [1.82, 2.24) is 4.98 Å². The number of hydrogen-bond acceptors (Lipinski definition) is 2. The van der Waals surface area contributed by atoms with Crippen LogP contribution in [0.15, 0.2) is 53.8 Å². The van der Waals surface area contributed by atoms with Gasteiger partial charge in [-0.3, -0.25) is 9.98 Å². The average Bonchev–Trinajstić information content (AvgIpc) is 2.76. The molecule has 0 N–H and O–H groups in total. The molecule has 0 saturated heterocycles. The van der Waals surface area contributed by atoms with Crippen LogP contribution in [0.2, 0.25) is 5.02 Å². The molecule has 20 heavy (non-hydrogen) atoms. The monoisotopic (exact) mass is 284 g/mol. The van der Waals surface area contributed by atoms with Crippen molar-refractivity contribution in [2.75, 3.05) is 0 Å². The molecule has 1 atom stereocenters. The van der Waals surface area contributed by atoms with E-state index in [-0.39, 0.29) is 5.54 Å². The fourth-order valence-electron chi connectivity index (χ4n) is 2.86. The van der Waals surface area contributed by atoms with Gasteiger partial charge in [-0.2, -0.15) is 0 Å². The number of halogens is 1. The van der Waals surface area contributed by atoms with E-state index < -0.39 is 0 Å². The van der Waals surface area contributed by atoms with Crippen molar-refractivity contribution in [3.8, 4) is 0 Å². The van der Waals surface area contributed by atoms with Crippen LogP contribution in [0.25, 0.3) is 0 Å². The summed E-state index contributed by atoms with van der Waals surface area (Å²) in [5.74, 6) is 0.399. The van der Waals surface area contributed by atoms with E-state index in [4.69, 9.17) is 16.6 Å². The van der Waals surface area contributed by atoms with Crippen LogP contribution in [-0.4, -0.2) is 16.2 Å². The zero-order valence-corrected chi connectivity index (χ0v) is 12.4. The van der Waals surface area contributed by atoms with E-state index in [0.29, 0.717) is 5.92 Å². The van der Waals surface area contributed by atoms with Gasteiger partial charge < -0.3 is 0 Å². The van der Waals surface area contributed by atoms with Gasteiger partial charge in [0.25, 0.3) is 0 Å². The third kappa shape index (κ3) is 2.48. The van der Waals surface area contributed by atoms with Gasteiger partial charge >= 0.3 is 0 Å². The van der Waals surface area contributed by atoms with Gasteiger partial charge in [-0.15, -0.1) is 0 Å². The first-order chi connectivity index (χ1) is 9.56. The minimum Gasteiger partial charge on any atom is -0.282 e. The molecule has 0 amide bonds. The Kier molecular flexibility index (Phi) is 3.35. The second-order valence-corrected chi connectivity index (χ2v) is 6.19. The molecule has 2 aromatic rings. The molecule has 1 aliphatic rings. The summed E-state index contributed by atoms with van der Waals surface area (Å²) in [7, 11) is 0. The van der Waals surface area contributed by atoms with Crippen molar-refractivity contribution in [1.29, 1.82) is 0 Å². The molecule has 0 fully saturated rings. The molecule has 3 rings (SSSR count). The summed E-state index contributed by atoms with van der Waals surface area (Å²) >= 11 is 5.95. The summed E-state index contributed by atoms with van der Waals surface area (Å²) in [6.07, 6.45) is 4.66. The first kappa shape index (κ1) is 13.3. The maximum absolute atomic E-state index is 5.95. The summed E-state index contributed by atoms with van der Waals surface area (Å²) in [6, 6.07) is 12.1. The Morgan fingerprint density at radius 3 is 2.35 bits per heavy atom. The highest BCUT2D eigenvalue weighted by molar-refractivity contribution is 6.30. The van der Waals surface area contributed by atoms with Crippen LogP contribution < -0.4 is 0 Å². The largest absolute Gasteiger partial charge is 0.282 e. The van der Waals surface area contributed by atoms with Crippen molar-refractivity contribution in [3.05, 3.63) is 64.9 Å². The summed E-state index contributed by atoms with van der Waals surface area (Å²) in [4.78, 5) is 9.03. The smallest absolute Gasteiger partial charge is 0.0627 e. The lowest BCUT2D eigenvalue weighted by molar-refractivity contribution is 0.452. The van der Waals surface area contributed by atoms with Crippen LogP contribution in [0.4, 0.5) is 0 Å². The van der Waals surface area contributed by atoms with Gasteiger partial charge in [-0.05, 0) is 55.7 Å². The highest BCUT2D eigenvalue weighted by Gasteiger charge is 2.37. The first-order valence-corrected chi connectivity index (χ1v) is 7.19. The van der Waals surface area contributed by atoms with Crippen LogP contribution in [-0.2, 0) is 0 Å². The topological polar surface area (TPSA) is 25.2 Å². The van der Waals surface area contributed by atoms with E-state index in [0.717, 1.165) is 17.2 Å². The van der Waals surface area contributed by atoms with Crippen molar-refractivity contribution >= 4 is 17.3 Å². The number of pyridine rings is 1. The second kappa shape index (κ2) is 5.02. The predicted octanol–water partition coefficient (Wildman–Crippen LogP) is 4.49. The summed E-state index contributed by atoms with van der Waals surface area (Å²) in [5.41, 5.74) is 3.54. The Bertz CT molecular complexity index is 630. The molecule has 1 aromatic heterocycles. The van der Waals surface area contributed by atoms with E-state index in [9.17, 15) is 0 Å².